The summed E-state index contributed by atoms with van der Waals surface area (Å²) >= 11 is 6.20. The molecule has 0 saturated heterocycles. The predicted molar refractivity (Wildman–Crippen MR) is 149 cm³/mol. The van der Waals surface area contributed by atoms with Crippen LogP contribution in [0.5, 0.6) is 0 Å². The second kappa shape index (κ2) is 11.8. The summed E-state index contributed by atoms with van der Waals surface area (Å²) in [7, 11) is 1.55. The molecule has 9 heteroatoms. The third-order valence-corrected chi connectivity index (χ3v) is 6.34. The molecular weight excluding hydrogens is 490 g/mol. The lowest BCUT2D eigenvalue weighted by atomic mass is 9.92. The van der Waals surface area contributed by atoms with Gasteiger partial charge in [0.1, 0.15) is 12.4 Å². The van der Waals surface area contributed by atoms with Gasteiger partial charge < -0.3 is 20.3 Å². The molecule has 3 rings (SSSR count). The number of rotatable bonds is 8. The highest BCUT2D eigenvalue weighted by Gasteiger charge is 2.24. The average molecular weight is 526 g/mol. The number of nitrogens with zero attached hydrogens (tertiary/aromatic N) is 3. The summed E-state index contributed by atoms with van der Waals surface area (Å²) in [6, 6.07) is 12.8. The van der Waals surface area contributed by atoms with Gasteiger partial charge >= 0.3 is 6.03 Å². The first-order chi connectivity index (χ1) is 17.4. The zero-order valence-corrected chi connectivity index (χ0v) is 23.4. The van der Waals surface area contributed by atoms with E-state index < -0.39 is 6.03 Å². The van der Waals surface area contributed by atoms with Crippen LogP contribution in [0.2, 0.25) is 5.02 Å². The zero-order valence-electron chi connectivity index (χ0n) is 22.6. The van der Waals surface area contributed by atoms with Crippen LogP contribution in [0.1, 0.15) is 43.2 Å². The Hall–Kier alpha value is -3.36. The first-order valence-corrected chi connectivity index (χ1v) is 12.6. The summed E-state index contributed by atoms with van der Waals surface area (Å²) in [5.74, 6) is 0.193. The first kappa shape index (κ1) is 28.2. The van der Waals surface area contributed by atoms with Crippen LogP contribution in [0.4, 0.5) is 16.3 Å². The molecular formula is C28H36ClN5O3. The largest absolute Gasteiger partial charge is 0.383 e. The van der Waals surface area contributed by atoms with Crippen molar-refractivity contribution in [2.24, 2.45) is 0 Å². The monoisotopic (exact) mass is 525 g/mol. The fourth-order valence-corrected chi connectivity index (χ4v) is 3.93. The van der Waals surface area contributed by atoms with Crippen molar-refractivity contribution in [2.45, 2.75) is 47.0 Å². The van der Waals surface area contributed by atoms with Crippen molar-refractivity contribution < 1.29 is 14.3 Å². The molecule has 2 N–H and O–H groups in total. The van der Waals surface area contributed by atoms with E-state index in [9.17, 15) is 9.59 Å². The van der Waals surface area contributed by atoms with Crippen LogP contribution in [0.15, 0.2) is 42.5 Å². The Kier molecular flexibility index (Phi) is 8.99. The van der Waals surface area contributed by atoms with Crippen molar-refractivity contribution in [1.82, 2.24) is 14.7 Å². The predicted octanol–water partition coefficient (Wildman–Crippen LogP) is 5.87. The number of nitrogens with one attached hydrogen (secondary N) is 2. The second-order valence-corrected chi connectivity index (χ2v) is 10.6. The van der Waals surface area contributed by atoms with E-state index in [0.717, 1.165) is 28.1 Å². The third kappa shape index (κ3) is 7.33. The first-order valence-electron chi connectivity index (χ1n) is 12.2. The second-order valence-electron chi connectivity index (χ2n) is 10.2. The number of aromatic nitrogens is 2. The molecule has 3 aromatic rings. The number of halogens is 1. The molecule has 0 radical (unpaired) electrons. The number of hydrogen-bond donors (Lipinski definition) is 2. The SMILES string of the molecule is COCCN(CC(=O)Nc1cc(C(C)(C)C)nn1-c1ccc(C)cc1C)C(=O)Nc1ccc(C)c(Cl)c1. The maximum absolute atomic E-state index is 13.2. The molecule has 0 fully saturated rings. The number of anilines is 2. The van der Waals surface area contributed by atoms with E-state index in [1.165, 1.54) is 4.90 Å². The van der Waals surface area contributed by atoms with Gasteiger partial charge in [0, 0.05) is 35.8 Å². The summed E-state index contributed by atoms with van der Waals surface area (Å²) in [4.78, 5) is 27.6. The van der Waals surface area contributed by atoms with Gasteiger partial charge in [-0.1, -0.05) is 56.1 Å². The highest BCUT2D eigenvalue weighted by molar-refractivity contribution is 6.31. The van der Waals surface area contributed by atoms with Gasteiger partial charge in [0.05, 0.1) is 18.0 Å². The quantitative estimate of drug-likeness (QED) is 0.385. The topological polar surface area (TPSA) is 88.5 Å². The van der Waals surface area contributed by atoms with Crippen molar-refractivity contribution >= 4 is 35.0 Å². The van der Waals surface area contributed by atoms with Crippen LogP contribution >= 0.6 is 11.6 Å². The number of hydrogen-bond acceptors (Lipinski definition) is 4. The van der Waals surface area contributed by atoms with Gasteiger partial charge in [-0.3, -0.25) is 4.79 Å². The van der Waals surface area contributed by atoms with Gasteiger partial charge in [-0.15, -0.1) is 0 Å². The zero-order chi connectivity index (χ0) is 27.3. The van der Waals surface area contributed by atoms with Crippen LogP contribution < -0.4 is 10.6 Å². The number of aryl methyl sites for hydroxylation is 3. The van der Waals surface area contributed by atoms with Crippen LogP contribution in [-0.2, 0) is 14.9 Å². The fraction of sp³-hybridized carbons (Fsp3) is 0.393. The molecule has 1 heterocycles. The van der Waals surface area contributed by atoms with Crippen molar-refractivity contribution in [1.29, 1.82) is 0 Å². The van der Waals surface area contributed by atoms with Gasteiger partial charge in [0.2, 0.25) is 5.91 Å². The number of benzene rings is 2. The minimum atomic E-state index is -0.426. The fourth-order valence-electron chi connectivity index (χ4n) is 3.75. The van der Waals surface area contributed by atoms with E-state index in [1.54, 1.807) is 23.9 Å². The minimum Gasteiger partial charge on any atom is -0.383 e. The van der Waals surface area contributed by atoms with E-state index >= 15 is 0 Å². The molecule has 1 aromatic heterocycles. The summed E-state index contributed by atoms with van der Waals surface area (Å²) in [6.45, 7) is 12.5. The summed E-state index contributed by atoms with van der Waals surface area (Å²) in [5.41, 5.74) is 5.14. The number of amides is 3. The van der Waals surface area contributed by atoms with Crippen molar-refractivity contribution in [3.8, 4) is 5.69 Å². The van der Waals surface area contributed by atoms with E-state index in [4.69, 9.17) is 21.4 Å². The standard InChI is InChI=1S/C28H36ClN5O3/c1-18-8-11-23(20(3)14-18)34-25(16-24(32-34)28(4,5)6)31-26(35)17-33(12-13-37-7)27(36)30-21-10-9-19(2)22(29)15-21/h8-11,14-16H,12-13,17H2,1-7H3,(H,30,36)(H,31,35). The summed E-state index contributed by atoms with van der Waals surface area (Å²) in [6.07, 6.45) is 0. The van der Waals surface area contributed by atoms with Crippen LogP contribution in [0, 0.1) is 20.8 Å². The normalized spacial score (nSPS) is 11.4. The molecule has 0 unspecified atom stereocenters. The smallest absolute Gasteiger partial charge is 0.322 e. The van der Waals surface area contributed by atoms with Crippen molar-refractivity contribution in [3.05, 3.63) is 69.9 Å². The van der Waals surface area contributed by atoms with Gasteiger partial charge in [-0.05, 0) is 50.1 Å². The number of ether oxygens (including phenoxy) is 1. The van der Waals surface area contributed by atoms with Crippen molar-refractivity contribution in [3.63, 3.8) is 0 Å². The number of methoxy groups -OCH3 is 1. The Bertz CT molecular complexity index is 1280. The molecule has 8 nitrogen and oxygen atoms in total. The highest BCUT2D eigenvalue weighted by Crippen LogP contribution is 2.28. The molecule has 0 bridgehead atoms. The Morgan fingerprint density at radius 1 is 1.03 bits per heavy atom. The molecule has 2 aromatic carbocycles. The summed E-state index contributed by atoms with van der Waals surface area (Å²) in [5, 5.41) is 11.1. The van der Waals surface area contributed by atoms with Crippen LogP contribution in [-0.4, -0.2) is 53.4 Å². The van der Waals surface area contributed by atoms with Gasteiger partial charge in [0.15, 0.2) is 0 Å². The van der Waals surface area contributed by atoms with Crippen molar-refractivity contribution in [2.75, 3.05) is 37.4 Å². The van der Waals surface area contributed by atoms with Crippen LogP contribution in [0.25, 0.3) is 5.69 Å². The molecule has 0 aliphatic rings. The molecule has 3 amide bonds. The Morgan fingerprint density at radius 2 is 1.76 bits per heavy atom. The Balaban J connectivity index is 1.83. The average Bonchev–Trinajstić information content (AvgIpc) is 3.23. The van der Waals surface area contributed by atoms with E-state index in [2.05, 4.69) is 37.5 Å². The third-order valence-electron chi connectivity index (χ3n) is 5.94. The lowest BCUT2D eigenvalue weighted by Crippen LogP contribution is -2.42. The highest BCUT2D eigenvalue weighted by atomic mass is 35.5. The number of carbonyl (C=O) groups excluding carboxylic acids is 2. The molecule has 0 atom stereocenters. The van der Waals surface area contributed by atoms with E-state index in [-0.39, 0.29) is 31.0 Å². The summed E-state index contributed by atoms with van der Waals surface area (Å²) < 4.78 is 6.91. The lowest BCUT2D eigenvalue weighted by molar-refractivity contribution is -0.116. The number of urea groups is 1. The molecule has 0 saturated carbocycles. The van der Waals surface area contributed by atoms with Crippen LogP contribution in [0.3, 0.4) is 0 Å². The minimum absolute atomic E-state index is 0.169. The molecule has 198 valence electrons. The van der Waals surface area contributed by atoms with Gasteiger partial charge in [-0.2, -0.15) is 5.10 Å². The van der Waals surface area contributed by atoms with Gasteiger partial charge in [0.25, 0.3) is 0 Å². The number of carbonyl (C=O) groups is 2. The van der Waals surface area contributed by atoms with E-state index in [1.807, 2.05) is 45.0 Å². The molecule has 0 spiro atoms. The maximum atomic E-state index is 13.2. The van der Waals surface area contributed by atoms with E-state index in [0.29, 0.717) is 16.5 Å². The lowest BCUT2D eigenvalue weighted by Gasteiger charge is -2.22. The Morgan fingerprint density at radius 3 is 2.38 bits per heavy atom. The van der Waals surface area contributed by atoms with Gasteiger partial charge in [-0.25, -0.2) is 9.48 Å². The molecule has 0 aliphatic carbocycles. The molecule has 37 heavy (non-hydrogen) atoms. The molecule has 0 aliphatic heterocycles. The maximum Gasteiger partial charge on any atom is 0.322 e. The Labute approximate surface area is 223 Å².